The lowest BCUT2D eigenvalue weighted by molar-refractivity contribution is 0.442. The Morgan fingerprint density at radius 2 is 1.92 bits per heavy atom. The van der Waals surface area contributed by atoms with Gasteiger partial charge in [-0.15, -0.1) is 0 Å². The Balaban J connectivity index is 2.68. The van der Waals surface area contributed by atoms with Crippen LogP contribution in [0.1, 0.15) is 18.0 Å². The molecule has 1 nitrogen and oxygen atoms in total. The fraction of sp³-hybridized carbons (Fsp3) is 0.333. The van der Waals surface area contributed by atoms with E-state index in [4.69, 9.17) is 17.3 Å². The van der Waals surface area contributed by atoms with Crippen LogP contribution in [-0.2, 0) is 0 Å². The summed E-state index contributed by atoms with van der Waals surface area (Å²) in [5.41, 5.74) is 6.60. The molecule has 1 atom stereocenters. The predicted molar refractivity (Wildman–Crippen MR) is 49.0 cm³/mol. The molecule has 2 N–H and O–H groups in total. The molecule has 1 aromatic carbocycles. The quantitative estimate of drug-likeness (QED) is 0.774. The van der Waals surface area contributed by atoms with Gasteiger partial charge < -0.3 is 5.73 Å². The van der Waals surface area contributed by atoms with Gasteiger partial charge in [-0.2, -0.15) is 0 Å². The molecule has 1 rings (SSSR count). The lowest BCUT2D eigenvalue weighted by atomic mass is 10.1. The first-order valence-electron chi connectivity index (χ1n) is 3.81. The Labute approximate surface area is 76.3 Å². The van der Waals surface area contributed by atoms with Crippen molar-refractivity contribution in [3.05, 3.63) is 34.9 Å². The summed E-state index contributed by atoms with van der Waals surface area (Å²) in [7, 11) is 0. The van der Waals surface area contributed by atoms with E-state index in [1.807, 2.05) is 12.1 Å². The highest BCUT2D eigenvalue weighted by molar-refractivity contribution is 6.30. The van der Waals surface area contributed by atoms with Crippen LogP contribution >= 0.6 is 11.6 Å². The zero-order valence-electron chi connectivity index (χ0n) is 6.63. The van der Waals surface area contributed by atoms with E-state index in [1.165, 1.54) is 0 Å². The molecule has 3 heteroatoms. The van der Waals surface area contributed by atoms with Gasteiger partial charge in [0.15, 0.2) is 0 Å². The average molecular weight is 188 g/mol. The molecule has 0 unspecified atom stereocenters. The van der Waals surface area contributed by atoms with Crippen LogP contribution in [0.5, 0.6) is 0 Å². The van der Waals surface area contributed by atoms with Gasteiger partial charge in [-0.1, -0.05) is 23.7 Å². The average Bonchev–Trinajstić information content (AvgIpc) is 2.06. The van der Waals surface area contributed by atoms with Crippen LogP contribution in [0.15, 0.2) is 24.3 Å². The van der Waals surface area contributed by atoms with Crippen LogP contribution in [-0.4, -0.2) is 6.67 Å². The second kappa shape index (κ2) is 4.43. The molecule has 1 aromatic rings. The first-order chi connectivity index (χ1) is 5.74. The predicted octanol–water partition coefficient (Wildman–Crippen LogP) is 2.70. The molecule has 0 bridgehead atoms. The summed E-state index contributed by atoms with van der Waals surface area (Å²) in [6.07, 6.45) is 0.363. The fourth-order valence-corrected chi connectivity index (χ4v) is 1.12. The molecule has 0 aliphatic carbocycles. The van der Waals surface area contributed by atoms with E-state index >= 15 is 0 Å². The molecule has 0 aromatic heterocycles. The summed E-state index contributed by atoms with van der Waals surface area (Å²) in [5.74, 6) is 0. The second-order valence-electron chi connectivity index (χ2n) is 2.64. The molecule has 66 valence electrons. The summed E-state index contributed by atoms with van der Waals surface area (Å²) in [5, 5.41) is 0.672. The number of rotatable bonds is 3. The number of halogens is 2. The number of benzene rings is 1. The first kappa shape index (κ1) is 9.49. The lowest BCUT2D eigenvalue weighted by Gasteiger charge is -2.08. The van der Waals surface area contributed by atoms with E-state index in [0.717, 1.165) is 5.56 Å². The van der Waals surface area contributed by atoms with Gasteiger partial charge in [0.05, 0.1) is 6.67 Å². The molecule has 0 saturated carbocycles. The van der Waals surface area contributed by atoms with E-state index in [9.17, 15) is 4.39 Å². The Bertz CT molecular complexity index is 235. The number of nitrogens with two attached hydrogens (primary N) is 1. The zero-order chi connectivity index (χ0) is 8.97. The Morgan fingerprint density at radius 3 is 2.42 bits per heavy atom. The highest BCUT2D eigenvalue weighted by atomic mass is 35.5. The summed E-state index contributed by atoms with van der Waals surface area (Å²) in [6, 6.07) is 6.95. The van der Waals surface area contributed by atoms with Crippen LogP contribution in [0.4, 0.5) is 4.39 Å². The van der Waals surface area contributed by atoms with Crippen molar-refractivity contribution in [2.45, 2.75) is 12.5 Å². The third kappa shape index (κ3) is 2.47. The maximum atomic E-state index is 11.9. The van der Waals surface area contributed by atoms with Crippen molar-refractivity contribution < 1.29 is 4.39 Å². The van der Waals surface area contributed by atoms with Gasteiger partial charge in [0, 0.05) is 11.1 Å². The third-order valence-corrected chi connectivity index (χ3v) is 1.97. The normalized spacial score (nSPS) is 12.9. The lowest BCUT2D eigenvalue weighted by Crippen LogP contribution is -2.10. The Morgan fingerprint density at radius 1 is 1.33 bits per heavy atom. The van der Waals surface area contributed by atoms with Crippen molar-refractivity contribution in [1.29, 1.82) is 0 Å². The summed E-state index contributed by atoms with van der Waals surface area (Å²) in [4.78, 5) is 0. The first-order valence-corrected chi connectivity index (χ1v) is 4.19. The SMILES string of the molecule is N[C@H](CCF)c1ccc(Cl)cc1. The van der Waals surface area contributed by atoms with Gasteiger partial charge in [-0.3, -0.25) is 4.39 Å². The van der Waals surface area contributed by atoms with Crippen LogP contribution in [0.2, 0.25) is 5.02 Å². The van der Waals surface area contributed by atoms with Crippen LogP contribution in [0, 0.1) is 0 Å². The molecular formula is C9H11ClFN. The Hall–Kier alpha value is -0.600. The zero-order valence-corrected chi connectivity index (χ0v) is 7.39. The smallest absolute Gasteiger partial charge is 0.0912 e. The van der Waals surface area contributed by atoms with Gasteiger partial charge >= 0.3 is 0 Å². The highest BCUT2D eigenvalue weighted by Crippen LogP contribution is 2.16. The molecule has 0 fully saturated rings. The van der Waals surface area contributed by atoms with Crippen LogP contribution in [0.25, 0.3) is 0 Å². The maximum Gasteiger partial charge on any atom is 0.0912 e. The molecule has 0 radical (unpaired) electrons. The number of hydrogen-bond acceptors (Lipinski definition) is 1. The summed E-state index contributed by atoms with van der Waals surface area (Å²) < 4.78 is 11.9. The van der Waals surface area contributed by atoms with Crippen molar-refractivity contribution in [1.82, 2.24) is 0 Å². The third-order valence-electron chi connectivity index (χ3n) is 1.72. The maximum absolute atomic E-state index is 11.9. The minimum absolute atomic E-state index is 0.215. The number of hydrogen-bond donors (Lipinski definition) is 1. The van der Waals surface area contributed by atoms with Gasteiger partial charge in [-0.05, 0) is 24.1 Å². The van der Waals surface area contributed by atoms with E-state index in [1.54, 1.807) is 12.1 Å². The summed E-state index contributed by atoms with van der Waals surface area (Å²) >= 11 is 5.68. The fourth-order valence-electron chi connectivity index (χ4n) is 0.994. The molecule has 12 heavy (non-hydrogen) atoms. The topological polar surface area (TPSA) is 26.0 Å². The molecule has 0 saturated heterocycles. The monoisotopic (exact) mass is 187 g/mol. The molecule has 0 aliphatic heterocycles. The van der Waals surface area contributed by atoms with Crippen molar-refractivity contribution in [2.24, 2.45) is 5.73 Å². The molecule has 0 amide bonds. The van der Waals surface area contributed by atoms with E-state index in [2.05, 4.69) is 0 Å². The van der Waals surface area contributed by atoms with Crippen molar-refractivity contribution in [3.8, 4) is 0 Å². The molecule has 0 spiro atoms. The molecule has 0 aliphatic rings. The van der Waals surface area contributed by atoms with Crippen molar-refractivity contribution >= 4 is 11.6 Å². The van der Waals surface area contributed by atoms with Crippen LogP contribution in [0.3, 0.4) is 0 Å². The Kier molecular flexibility index (Phi) is 3.50. The van der Waals surface area contributed by atoms with Gasteiger partial charge in [0.2, 0.25) is 0 Å². The van der Waals surface area contributed by atoms with E-state index < -0.39 is 0 Å². The van der Waals surface area contributed by atoms with Crippen LogP contribution < -0.4 is 5.73 Å². The standard InChI is InChI=1S/C9H11ClFN/c10-8-3-1-7(2-4-8)9(12)5-6-11/h1-4,9H,5-6,12H2/t9-/m1/s1. The van der Waals surface area contributed by atoms with E-state index in [-0.39, 0.29) is 12.7 Å². The number of alkyl halides is 1. The van der Waals surface area contributed by atoms with Crippen molar-refractivity contribution in [3.63, 3.8) is 0 Å². The van der Waals surface area contributed by atoms with Crippen molar-refractivity contribution in [2.75, 3.05) is 6.67 Å². The molecular weight excluding hydrogens is 177 g/mol. The van der Waals surface area contributed by atoms with Gasteiger partial charge in [0.25, 0.3) is 0 Å². The van der Waals surface area contributed by atoms with Gasteiger partial charge in [-0.25, -0.2) is 0 Å². The summed E-state index contributed by atoms with van der Waals surface area (Å²) in [6.45, 7) is -0.385. The van der Waals surface area contributed by atoms with Gasteiger partial charge in [0.1, 0.15) is 0 Å². The van der Waals surface area contributed by atoms with E-state index in [0.29, 0.717) is 11.4 Å². The molecule has 0 heterocycles. The minimum Gasteiger partial charge on any atom is -0.324 e. The largest absolute Gasteiger partial charge is 0.324 e. The highest BCUT2D eigenvalue weighted by Gasteiger charge is 2.04. The second-order valence-corrected chi connectivity index (χ2v) is 3.07. The minimum atomic E-state index is -0.385.